The number of carbonyl (C=O) groups excluding carboxylic acids is 3. The SMILES string of the molecule is CCN[C@H]1CO[C@@H](O[C@H]2[C@H](O[C@H]3C#C/C=C\C#C[C@]4(O)CC(=O)C(CC(C)=O)=C3C4=CCSSC(C)(C)c3ccccc3)O[C@H](C)[C@@H](NO[C@H]3C[C@H](O)[C@H](SC(=O)c4c(C)c(I)c(O[C@@H]5O[C@@H](C)[C@H](O)[C@@H](OC)[C@H]5O)c(OC)c4OC)[C@@H](C)O3)[C@@H]2O)C[C@@H]1OC. The molecule has 19 atom stereocenters. The Balaban J connectivity index is 1.02. The first-order valence-corrected chi connectivity index (χ1v) is 34.0. The summed E-state index contributed by atoms with van der Waals surface area (Å²) in [5, 5.41) is 60.7. The number of halogens is 1. The van der Waals surface area contributed by atoms with Crippen molar-refractivity contribution in [1.82, 2.24) is 10.8 Å². The van der Waals surface area contributed by atoms with Gasteiger partial charge in [-0.15, -0.1) is 0 Å². The number of nitrogens with one attached hydrogen (secondary N) is 2. The number of ketones is 2. The van der Waals surface area contributed by atoms with Gasteiger partial charge < -0.3 is 83.0 Å². The van der Waals surface area contributed by atoms with Gasteiger partial charge in [-0.2, -0.15) is 5.48 Å². The Labute approximate surface area is 551 Å². The molecule has 2 bridgehead atoms. The van der Waals surface area contributed by atoms with Crippen molar-refractivity contribution < 1.29 is 96.9 Å². The maximum atomic E-state index is 14.5. The van der Waals surface area contributed by atoms with E-state index in [1.807, 2.05) is 47.7 Å². The molecule has 0 radical (unpaired) electrons. The summed E-state index contributed by atoms with van der Waals surface area (Å²) < 4.78 is 67.8. The molecule has 22 nitrogen and oxygen atoms in total. The monoisotopic (exact) mass is 1420 g/mol. The van der Waals surface area contributed by atoms with Gasteiger partial charge in [0.1, 0.15) is 42.4 Å². The Morgan fingerprint density at radius 1 is 0.867 bits per heavy atom. The van der Waals surface area contributed by atoms with E-state index in [-0.39, 0.29) is 88.1 Å². The summed E-state index contributed by atoms with van der Waals surface area (Å²) >= 11 is 2.84. The lowest BCUT2D eigenvalue weighted by atomic mass is 9.72. The largest absolute Gasteiger partial charge is 0.492 e. The number of benzene rings is 2. The molecule has 0 amide bonds. The third-order valence-electron chi connectivity index (χ3n) is 16.5. The van der Waals surface area contributed by atoms with Crippen molar-refractivity contribution >= 4 is 72.6 Å². The van der Waals surface area contributed by atoms with Crippen LogP contribution >= 0.6 is 55.9 Å². The van der Waals surface area contributed by atoms with Gasteiger partial charge in [0.25, 0.3) is 0 Å². The number of hydroxylamine groups is 1. The fourth-order valence-electron chi connectivity index (χ4n) is 11.7. The molecule has 6 aliphatic rings. The molecule has 90 heavy (non-hydrogen) atoms. The van der Waals surface area contributed by atoms with E-state index >= 15 is 0 Å². The predicted octanol–water partition coefficient (Wildman–Crippen LogP) is 5.52. The van der Waals surface area contributed by atoms with Crippen LogP contribution in [0.3, 0.4) is 0 Å². The Morgan fingerprint density at radius 2 is 1.58 bits per heavy atom. The minimum atomic E-state index is -2.02. The summed E-state index contributed by atoms with van der Waals surface area (Å²) in [6.45, 7) is 15.1. The Hall–Kier alpha value is -3.67. The van der Waals surface area contributed by atoms with Crippen LogP contribution in [0.4, 0.5) is 0 Å². The average Bonchev–Trinajstić information content (AvgIpc) is 0.777. The molecule has 4 saturated heterocycles. The van der Waals surface area contributed by atoms with Gasteiger partial charge in [-0.25, -0.2) is 0 Å². The maximum absolute atomic E-state index is 14.5. The first-order valence-electron chi connectivity index (χ1n) is 29.8. The van der Waals surface area contributed by atoms with E-state index in [1.54, 1.807) is 51.7 Å². The van der Waals surface area contributed by atoms with Crippen LogP contribution in [-0.2, 0) is 57.1 Å². The predicted molar refractivity (Wildman–Crippen MR) is 345 cm³/mol. The van der Waals surface area contributed by atoms with Gasteiger partial charge in [0.2, 0.25) is 17.2 Å². The van der Waals surface area contributed by atoms with Gasteiger partial charge in [-0.1, -0.05) is 100 Å². The number of hydrogen-bond donors (Lipinski definition) is 7. The number of rotatable bonds is 24. The Kier molecular flexibility index (Phi) is 25.8. The molecule has 2 aliphatic carbocycles. The van der Waals surface area contributed by atoms with Crippen molar-refractivity contribution in [2.24, 2.45) is 0 Å². The molecule has 0 spiro atoms. The summed E-state index contributed by atoms with van der Waals surface area (Å²) in [6, 6.07) is 8.81. The lowest BCUT2D eigenvalue weighted by Gasteiger charge is -2.46. The zero-order valence-corrected chi connectivity index (χ0v) is 57.0. The van der Waals surface area contributed by atoms with Crippen LogP contribution in [0.1, 0.15) is 95.6 Å². The topological polar surface area (TPSA) is 287 Å². The van der Waals surface area contributed by atoms with Gasteiger partial charge in [-0.3, -0.25) is 19.2 Å². The third kappa shape index (κ3) is 16.5. The minimum Gasteiger partial charge on any atom is -0.492 e. The molecule has 7 N–H and O–H groups in total. The second-order valence-electron chi connectivity index (χ2n) is 23.2. The maximum Gasteiger partial charge on any atom is 0.229 e. The second-order valence-corrected chi connectivity index (χ2v) is 28.4. The zero-order chi connectivity index (χ0) is 65.4. The lowest BCUT2D eigenvalue weighted by molar-refractivity contribution is -0.336. The summed E-state index contributed by atoms with van der Waals surface area (Å²) in [7, 11) is 8.85. The first-order chi connectivity index (χ1) is 42.9. The summed E-state index contributed by atoms with van der Waals surface area (Å²) in [5.41, 5.74) is 3.11. The van der Waals surface area contributed by atoms with Crippen LogP contribution in [-0.4, -0.2) is 205 Å². The van der Waals surface area contributed by atoms with Crippen LogP contribution in [0, 0.1) is 34.2 Å². The zero-order valence-electron chi connectivity index (χ0n) is 52.4. The van der Waals surface area contributed by atoms with Crippen LogP contribution in [0.25, 0.3) is 0 Å². The number of hydrogen-bond acceptors (Lipinski definition) is 25. The molecule has 4 heterocycles. The molecular formula is C64H83IN2O20S3. The van der Waals surface area contributed by atoms with E-state index in [0.29, 0.717) is 21.4 Å². The van der Waals surface area contributed by atoms with Gasteiger partial charge in [-0.05, 0) is 101 Å². The molecular weight excluding hydrogens is 1340 g/mol. The van der Waals surface area contributed by atoms with Gasteiger partial charge in [0.15, 0.2) is 41.8 Å². The molecule has 26 heteroatoms. The lowest BCUT2D eigenvalue weighted by Crippen LogP contribution is -2.65. The Bertz CT molecular complexity index is 3080. The van der Waals surface area contributed by atoms with E-state index in [9.17, 15) is 39.9 Å². The number of aliphatic hydroxyl groups is 5. The number of thioether (sulfide) groups is 1. The molecule has 8 rings (SSSR count). The number of methoxy groups -OCH3 is 4. The fourth-order valence-corrected chi connectivity index (χ4v) is 15.9. The van der Waals surface area contributed by atoms with E-state index in [4.69, 9.17) is 56.9 Å². The number of aliphatic hydroxyl groups excluding tert-OH is 4. The van der Waals surface area contributed by atoms with Crippen molar-refractivity contribution in [2.75, 3.05) is 47.3 Å². The average molecular weight is 1420 g/mol. The normalized spacial score (nSPS) is 34.6. The van der Waals surface area contributed by atoms with Crippen molar-refractivity contribution in [3.63, 3.8) is 0 Å². The highest BCUT2D eigenvalue weighted by atomic mass is 127. The van der Waals surface area contributed by atoms with Gasteiger partial charge >= 0.3 is 0 Å². The molecule has 0 unspecified atom stereocenters. The summed E-state index contributed by atoms with van der Waals surface area (Å²) in [5.74, 6) is 11.5. The van der Waals surface area contributed by atoms with Gasteiger partial charge in [0.05, 0.1) is 84.2 Å². The molecule has 0 aromatic heterocycles. The van der Waals surface area contributed by atoms with E-state index in [1.165, 1.54) is 51.2 Å². The molecule has 4 fully saturated rings. The van der Waals surface area contributed by atoms with Crippen molar-refractivity contribution in [3.05, 3.63) is 85.5 Å². The molecule has 2 aromatic rings. The highest BCUT2D eigenvalue weighted by molar-refractivity contribution is 14.1. The van der Waals surface area contributed by atoms with E-state index in [0.717, 1.165) is 17.3 Å². The smallest absolute Gasteiger partial charge is 0.229 e. The number of likely N-dealkylation sites (N-methyl/N-ethyl adjacent to an activating group) is 1. The number of fused-ring (bicyclic) bond motifs is 2. The molecule has 4 aliphatic heterocycles. The quantitative estimate of drug-likeness (QED) is 0.0224. The number of carbonyl (C=O) groups is 3. The summed E-state index contributed by atoms with van der Waals surface area (Å²) in [6.07, 6.45) is -12.6. The number of ether oxygens (including phenoxy) is 11. The third-order valence-corrected chi connectivity index (χ3v) is 22.3. The standard InChI is InChI=1S/C64H83IN2O20S3/c1-13-66-40-31-80-45(29-44(40)76-9)85-57-52(72)50(67-87-46-28-41(69)59(36(6)81-46)89-60(74)47-33(3)49(65)55(58(79-12)54(47)77-10)86-61-53(73)56(78-11)51(71)35(5)83-61)34(4)82-62(57)84-43-23-19-14-15-20-25-64(75)30-42(70)38(27-32(2)68)48(43)39(64)24-26-88-90-63(7,8)37-21-17-16-18-22-37/h14-18,21-22,24,34-36,40-41,43-46,50-53,56-57,59,61-62,66-67,69,71-73,75H,13,26-31H2,1-12H3/b15-14-,39-24?/t34-,35+,36-,40+,41+,43+,44+,45+,46+,50-,51+,52+,53-,56-,57-,59-,61+,62+,64+/m1/s1. The second kappa shape index (κ2) is 32.2. The van der Waals surface area contributed by atoms with Crippen LogP contribution in [0.5, 0.6) is 17.2 Å². The number of allylic oxidation sites excluding steroid dienone is 3. The van der Waals surface area contributed by atoms with Crippen molar-refractivity contribution in [2.45, 2.75) is 201 Å². The highest BCUT2D eigenvalue weighted by Crippen LogP contribution is 2.50. The number of Topliss-reactive ketones (excluding diaryl/α,β-unsaturated/α-hetero) is 2. The minimum absolute atomic E-state index is 0.0315. The van der Waals surface area contributed by atoms with Crippen molar-refractivity contribution in [1.29, 1.82) is 0 Å². The fraction of sp³-hybridized carbons (Fsp3) is 0.609. The van der Waals surface area contributed by atoms with Crippen LogP contribution < -0.4 is 25.0 Å². The van der Waals surface area contributed by atoms with Gasteiger partial charge in [0, 0.05) is 60.7 Å². The molecule has 2 aromatic carbocycles. The Morgan fingerprint density at radius 3 is 2.24 bits per heavy atom. The van der Waals surface area contributed by atoms with E-state index in [2.05, 4.69) is 60.5 Å². The first kappa shape index (κ1) is 72.2. The molecule has 494 valence electrons. The van der Waals surface area contributed by atoms with Crippen LogP contribution in [0.15, 0.2) is 65.3 Å². The van der Waals surface area contributed by atoms with Crippen LogP contribution in [0.2, 0.25) is 0 Å². The molecule has 0 saturated carbocycles. The highest BCUT2D eigenvalue weighted by Gasteiger charge is 2.52. The van der Waals surface area contributed by atoms with Crippen molar-refractivity contribution in [3.8, 4) is 40.9 Å². The summed E-state index contributed by atoms with van der Waals surface area (Å²) in [4.78, 5) is 48.1. The van der Waals surface area contributed by atoms with E-state index < -0.39 is 120 Å².